The highest BCUT2D eigenvalue weighted by Gasteiger charge is 2.30. The molecule has 0 amide bonds. The highest BCUT2D eigenvalue weighted by atomic mass is 16.5. The molecule has 0 aromatic heterocycles. The predicted octanol–water partition coefficient (Wildman–Crippen LogP) is 3.78. The molecule has 0 radical (unpaired) electrons. The second-order valence-corrected chi connectivity index (χ2v) is 5.34. The van der Waals surface area contributed by atoms with Gasteiger partial charge < -0.3 is 10.1 Å². The Morgan fingerprint density at radius 1 is 1.18 bits per heavy atom. The van der Waals surface area contributed by atoms with Crippen LogP contribution in [0.2, 0.25) is 0 Å². The molecule has 0 bridgehead atoms. The van der Waals surface area contributed by atoms with Gasteiger partial charge in [-0.2, -0.15) is 0 Å². The van der Waals surface area contributed by atoms with E-state index in [1.54, 1.807) is 7.11 Å². The van der Waals surface area contributed by atoms with Gasteiger partial charge in [0.05, 0.1) is 7.11 Å². The minimum absolute atomic E-state index is 0.733. The Morgan fingerprint density at radius 3 is 2.76 bits per heavy atom. The van der Waals surface area contributed by atoms with Gasteiger partial charge in [0.1, 0.15) is 5.75 Å². The lowest BCUT2D eigenvalue weighted by Crippen LogP contribution is -2.17. The fraction of sp³-hybridized carbons (Fsp3) is 0.600. The molecule has 0 saturated heterocycles. The molecule has 2 nitrogen and oxygen atoms in total. The van der Waals surface area contributed by atoms with E-state index in [-0.39, 0.29) is 0 Å². The number of nitrogens with one attached hydrogen (secondary N) is 1. The Hall–Kier alpha value is -1.18. The molecule has 1 aliphatic carbocycles. The molecule has 1 heterocycles. The Balaban J connectivity index is 1.82. The van der Waals surface area contributed by atoms with Gasteiger partial charge in [0, 0.05) is 24.2 Å². The normalized spacial score (nSPS) is 24.2. The quantitative estimate of drug-likeness (QED) is 0.836. The van der Waals surface area contributed by atoms with Crippen molar-refractivity contribution in [3.63, 3.8) is 0 Å². The van der Waals surface area contributed by atoms with Crippen molar-refractivity contribution in [1.29, 1.82) is 0 Å². The third-order valence-electron chi connectivity index (χ3n) is 4.39. The van der Waals surface area contributed by atoms with Crippen LogP contribution in [0.15, 0.2) is 18.2 Å². The molecule has 1 atom stereocenters. The van der Waals surface area contributed by atoms with E-state index in [1.165, 1.54) is 43.4 Å². The topological polar surface area (TPSA) is 21.3 Å². The summed E-state index contributed by atoms with van der Waals surface area (Å²) in [7, 11) is 1.73. The molecule has 2 heteroatoms. The van der Waals surface area contributed by atoms with Crippen molar-refractivity contribution in [2.45, 2.75) is 38.0 Å². The Morgan fingerprint density at radius 2 is 2.00 bits per heavy atom. The molecule has 1 aromatic carbocycles. The second kappa shape index (κ2) is 4.59. The molecule has 1 fully saturated rings. The van der Waals surface area contributed by atoms with Crippen molar-refractivity contribution in [1.82, 2.24) is 0 Å². The number of methoxy groups -OCH3 is 1. The highest BCUT2D eigenvalue weighted by Crippen LogP contribution is 2.43. The molecule has 1 aliphatic heterocycles. The first-order chi connectivity index (χ1) is 8.38. The first-order valence-corrected chi connectivity index (χ1v) is 6.80. The zero-order valence-electron chi connectivity index (χ0n) is 10.5. The van der Waals surface area contributed by atoms with Crippen molar-refractivity contribution in [2.24, 2.45) is 5.92 Å². The van der Waals surface area contributed by atoms with Crippen molar-refractivity contribution in [2.75, 3.05) is 19.0 Å². The summed E-state index contributed by atoms with van der Waals surface area (Å²) in [5, 5.41) is 3.54. The molecule has 1 saturated carbocycles. The molecule has 92 valence electrons. The Bertz CT molecular complexity index is 396. The zero-order valence-corrected chi connectivity index (χ0v) is 10.5. The molecule has 0 spiro atoms. The lowest BCUT2D eigenvalue weighted by Gasteiger charge is -2.27. The lowest BCUT2D eigenvalue weighted by molar-refractivity contribution is 0.316. The lowest BCUT2D eigenvalue weighted by atomic mass is 9.78. The number of hydrogen-bond acceptors (Lipinski definition) is 2. The summed E-state index contributed by atoms with van der Waals surface area (Å²) in [5.41, 5.74) is 2.80. The maximum absolute atomic E-state index is 5.28. The monoisotopic (exact) mass is 231 g/mol. The van der Waals surface area contributed by atoms with E-state index in [9.17, 15) is 0 Å². The van der Waals surface area contributed by atoms with Crippen LogP contribution >= 0.6 is 0 Å². The number of fused-ring (bicyclic) bond motifs is 1. The second-order valence-electron chi connectivity index (χ2n) is 5.34. The van der Waals surface area contributed by atoms with Gasteiger partial charge in [0.25, 0.3) is 0 Å². The average molecular weight is 231 g/mol. The predicted molar refractivity (Wildman–Crippen MR) is 70.8 cm³/mol. The third kappa shape index (κ3) is 2.01. The molecule has 2 aliphatic rings. The van der Waals surface area contributed by atoms with Crippen LogP contribution in [0.5, 0.6) is 5.75 Å². The first-order valence-electron chi connectivity index (χ1n) is 6.80. The van der Waals surface area contributed by atoms with Crippen LogP contribution in [0.1, 0.15) is 43.6 Å². The number of ether oxygens (including phenoxy) is 1. The number of benzene rings is 1. The molecule has 17 heavy (non-hydrogen) atoms. The van der Waals surface area contributed by atoms with E-state index in [2.05, 4.69) is 23.5 Å². The van der Waals surface area contributed by atoms with Gasteiger partial charge in [-0.3, -0.25) is 0 Å². The number of anilines is 1. The molecular formula is C15H21NO. The van der Waals surface area contributed by atoms with Crippen LogP contribution in [0, 0.1) is 5.92 Å². The van der Waals surface area contributed by atoms with E-state index in [1.807, 2.05) is 0 Å². The molecule has 1 aromatic rings. The number of rotatable bonds is 2. The van der Waals surface area contributed by atoms with Gasteiger partial charge in [0.2, 0.25) is 0 Å². The van der Waals surface area contributed by atoms with Crippen LogP contribution in [0.3, 0.4) is 0 Å². The van der Waals surface area contributed by atoms with Crippen LogP contribution in [-0.4, -0.2) is 13.7 Å². The van der Waals surface area contributed by atoms with Gasteiger partial charge >= 0.3 is 0 Å². The fourth-order valence-electron chi connectivity index (χ4n) is 3.43. The van der Waals surface area contributed by atoms with E-state index in [0.29, 0.717) is 0 Å². The molecule has 1 N–H and O–H groups in total. The van der Waals surface area contributed by atoms with E-state index >= 15 is 0 Å². The van der Waals surface area contributed by atoms with E-state index in [0.717, 1.165) is 24.1 Å². The van der Waals surface area contributed by atoms with Gasteiger partial charge in [0.15, 0.2) is 0 Å². The minimum atomic E-state index is 0.733. The van der Waals surface area contributed by atoms with Crippen LogP contribution < -0.4 is 10.1 Å². The summed E-state index contributed by atoms with van der Waals surface area (Å²) in [6, 6.07) is 6.49. The van der Waals surface area contributed by atoms with Crippen LogP contribution in [0.4, 0.5) is 5.69 Å². The summed E-state index contributed by atoms with van der Waals surface area (Å²) in [6.45, 7) is 1.12. The fourth-order valence-corrected chi connectivity index (χ4v) is 3.43. The zero-order chi connectivity index (χ0) is 11.7. The molecule has 3 rings (SSSR count). The van der Waals surface area contributed by atoms with E-state index in [4.69, 9.17) is 4.74 Å². The van der Waals surface area contributed by atoms with Gasteiger partial charge in [-0.15, -0.1) is 0 Å². The summed E-state index contributed by atoms with van der Waals surface area (Å²) >= 11 is 0. The third-order valence-corrected chi connectivity index (χ3v) is 4.39. The maximum Gasteiger partial charge on any atom is 0.120 e. The summed E-state index contributed by atoms with van der Waals surface area (Å²) < 4.78 is 5.28. The van der Waals surface area contributed by atoms with E-state index < -0.39 is 0 Å². The van der Waals surface area contributed by atoms with Crippen molar-refractivity contribution >= 4 is 5.69 Å². The SMILES string of the molecule is COc1ccc2c(c1)NCC2C1CCCCC1. The van der Waals surface area contributed by atoms with Crippen LogP contribution in [0.25, 0.3) is 0 Å². The van der Waals surface area contributed by atoms with Crippen molar-refractivity contribution in [3.05, 3.63) is 23.8 Å². The van der Waals surface area contributed by atoms with Crippen molar-refractivity contribution in [3.8, 4) is 5.75 Å². The van der Waals surface area contributed by atoms with Gasteiger partial charge in [-0.1, -0.05) is 25.3 Å². The largest absolute Gasteiger partial charge is 0.497 e. The minimum Gasteiger partial charge on any atom is -0.497 e. The number of hydrogen-bond donors (Lipinski definition) is 1. The molecule has 1 unspecified atom stereocenters. The van der Waals surface area contributed by atoms with Gasteiger partial charge in [-0.25, -0.2) is 0 Å². The van der Waals surface area contributed by atoms with Gasteiger partial charge in [-0.05, 0) is 30.4 Å². The maximum atomic E-state index is 5.28. The average Bonchev–Trinajstić information content (AvgIpc) is 2.82. The summed E-state index contributed by atoms with van der Waals surface area (Å²) in [4.78, 5) is 0. The Kier molecular flexibility index (Phi) is 2.96. The van der Waals surface area contributed by atoms with Crippen LogP contribution in [-0.2, 0) is 0 Å². The highest BCUT2D eigenvalue weighted by molar-refractivity contribution is 5.61. The summed E-state index contributed by atoms with van der Waals surface area (Å²) in [6.07, 6.45) is 7.11. The Labute approximate surface area is 103 Å². The standard InChI is InChI=1S/C15H21NO/c1-17-12-7-8-13-14(10-16-15(13)9-12)11-5-3-2-4-6-11/h7-9,11,14,16H,2-6,10H2,1H3. The van der Waals surface area contributed by atoms with Crippen molar-refractivity contribution < 1.29 is 4.74 Å². The molecular weight excluding hydrogens is 210 g/mol. The summed E-state index contributed by atoms with van der Waals surface area (Å²) in [5.74, 6) is 2.59. The first kappa shape index (κ1) is 10.9. The smallest absolute Gasteiger partial charge is 0.120 e.